The fourth-order valence-electron chi connectivity index (χ4n) is 4.59. The molecule has 0 aliphatic carbocycles. The predicted molar refractivity (Wildman–Crippen MR) is 153 cm³/mol. The molecule has 1 aliphatic rings. The third kappa shape index (κ3) is 9.16. The Labute approximate surface area is 237 Å². The molecule has 1 aliphatic heterocycles. The fourth-order valence-corrected chi connectivity index (χ4v) is 6.10. The number of ether oxygens (including phenoxy) is 1. The van der Waals surface area contributed by atoms with Crippen molar-refractivity contribution in [2.45, 2.75) is 77.2 Å². The molecule has 0 fully saturated rings. The molecule has 0 bridgehead atoms. The lowest BCUT2D eigenvalue weighted by molar-refractivity contribution is -0.133. The van der Waals surface area contributed by atoms with Crippen LogP contribution in [-0.2, 0) is 37.3 Å². The van der Waals surface area contributed by atoms with Crippen LogP contribution in [0.3, 0.4) is 0 Å². The topological polar surface area (TPSA) is 122 Å². The molecule has 1 unspecified atom stereocenters. The maximum atomic E-state index is 13.6. The van der Waals surface area contributed by atoms with Crippen LogP contribution < -0.4 is 10.6 Å². The number of nitrogens with zero attached hydrogens (tertiary/aromatic N) is 1. The van der Waals surface area contributed by atoms with Gasteiger partial charge in [0.05, 0.1) is 10.6 Å². The standard InChI is InChI=1S/C30H41N3O6S/c1-21(2)14-15-26(34)28(33-16-17-40(37,38)27-13-9-8-12-24(27)19-33)32-29(35)25(18-22(3)4)31-30(36)39-20-23-10-6-5-7-11-23/h5-13,21-22,25,28H,14-20H2,1-4H3,(H,31,36)(H,32,35)/t25-,28?/m0/s1. The predicted octanol–water partition coefficient (Wildman–Crippen LogP) is 4.06. The van der Waals surface area contributed by atoms with E-state index < -0.39 is 34.0 Å². The van der Waals surface area contributed by atoms with Gasteiger partial charge in [-0.05, 0) is 41.9 Å². The molecule has 2 atom stereocenters. The van der Waals surface area contributed by atoms with Gasteiger partial charge in [0.15, 0.2) is 15.6 Å². The van der Waals surface area contributed by atoms with Crippen molar-refractivity contribution in [2.24, 2.45) is 11.8 Å². The Balaban J connectivity index is 1.80. The highest BCUT2D eigenvalue weighted by molar-refractivity contribution is 7.91. The zero-order valence-electron chi connectivity index (χ0n) is 23.8. The number of alkyl carbamates (subject to hydrolysis) is 1. The number of benzene rings is 2. The summed E-state index contributed by atoms with van der Waals surface area (Å²) in [5, 5.41) is 5.51. The summed E-state index contributed by atoms with van der Waals surface area (Å²) in [6, 6.07) is 15.0. The van der Waals surface area contributed by atoms with Crippen LogP contribution in [0, 0.1) is 11.8 Å². The van der Waals surface area contributed by atoms with Crippen molar-refractivity contribution in [3.63, 3.8) is 0 Å². The molecule has 0 spiro atoms. The van der Waals surface area contributed by atoms with Gasteiger partial charge in [0, 0.05) is 19.5 Å². The molecule has 0 saturated carbocycles. The van der Waals surface area contributed by atoms with Gasteiger partial charge in [0.25, 0.3) is 0 Å². The number of hydrogen-bond donors (Lipinski definition) is 2. The molecule has 2 N–H and O–H groups in total. The van der Waals surface area contributed by atoms with Gasteiger partial charge < -0.3 is 15.4 Å². The lowest BCUT2D eigenvalue weighted by Gasteiger charge is -2.32. The minimum Gasteiger partial charge on any atom is -0.445 e. The molecule has 40 heavy (non-hydrogen) atoms. The van der Waals surface area contributed by atoms with Crippen molar-refractivity contribution in [2.75, 3.05) is 12.3 Å². The molecule has 2 amide bonds. The van der Waals surface area contributed by atoms with E-state index in [2.05, 4.69) is 10.6 Å². The van der Waals surface area contributed by atoms with Gasteiger partial charge in [-0.3, -0.25) is 14.5 Å². The van der Waals surface area contributed by atoms with Crippen molar-refractivity contribution in [3.05, 3.63) is 65.7 Å². The van der Waals surface area contributed by atoms with Crippen LogP contribution in [0.2, 0.25) is 0 Å². The third-order valence-electron chi connectivity index (χ3n) is 6.77. The summed E-state index contributed by atoms with van der Waals surface area (Å²) in [5.41, 5.74) is 1.40. The SMILES string of the molecule is CC(C)CCC(=O)C(NC(=O)[C@H](CC(C)C)NC(=O)OCc1ccccc1)N1CCS(=O)(=O)c2ccccc2C1. The van der Waals surface area contributed by atoms with Gasteiger partial charge in [-0.2, -0.15) is 0 Å². The van der Waals surface area contributed by atoms with Crippen molar-refractivity contribution in [1.82, 2.24) is 15.5 Å². The Kier molecular flexibility index (Phi) is 11.3. The molecule has 2 aromatic carbocycles. The van der Waals surface area contributed by atoms with E-state index in [1.807, 2.05) is 58.0 Å². The van der Waals surface area contributed by atoms with Gasteiger partial charge in [0.2, 0.25) is 5.91 Å². The molecule has 10 heteroatoms. The second-order valence-electron chi connectivity index (χ2n) is 11.1. The normalized spacial score (nSPS) is 16.4. The third-order valence-corrected chi connectivity index (χ3v) is 8.56. The van der Waals surface area contributed by atoms with Crippen molar-refractivity contribution < 1.29 is 27.5 Å². The quantitative estimate of drug-likeness (QED) is 0.394. The zero-order valence-corrected chi connectivity index (χ0v) is 24.6. The number of sulfone groups is 1. The number of nitrogens with one attached hydrogen (secondary N) is 2. The first-order valence-electron chi connectivity index (χ1n) is 13.8. The lowest BCUT2D eigenvalue weighted by atomic mass is 10.0. The van der Waals surface area contributed by atoms with E-state index in [1.54, 1.807) is 29.2 Å². The number of rotatable bonds is 12. The van der Waals surface area contributed by atoms with Crippen LogP contribution in [0.4, 0.5) is 4.79 Å². The number of carbonyl (C=O) groups excluding carboxylic acids is 3. The van der Waals surface area contributed by atoms with Crippen LogP contribution in [0.1, 0.15) is 58.1 Å². The van der Waals surface area contributed by atoms with Crippen molar-refractivity contribution in [3.8, 4) is 0 Å². The monoisotopic (exact) mass is 571 g/mol. The van der Waals surface area contributed by atoms with Crippen molar-refractivity contribution in [1.29, 1.82) is 0 Å². The summed E-state index contributed by atoms with van der Waals surface area (Å²) in [5.74, 6) is -0.550. The summed E-state index contributed by atoms with van der Waals surface area (Å²) in [6.07, 6.45) is -0.579. The number of Topliss-reactive ketones (excluding diaryl/α,β-unsaturated/α-hetero) is 1. The van der Waals surface area contributed by atoms with Gasteiger partial charge >= 0.3 is 6.09 Å². The molecule has 0 saturated heterocycles. The smallest absolute Gasteiger partial charge is 0.408 e. The maximum Gasteiger partial charge on any atom is 0.408 e. The Bertz CT molecular complexity index is 1260. The average Bonchev–Trinajstić information content (AvgIpc) is 3.04. The second-order valence-corrected chi connectivity index (χ2v) is 13.2. The Hall–Kier alpha value is -3.24. The number of carbonyl (C=O) groups is 3. The molecule has 0 radical (unpaired) electrons. The largest absolute Gasteiger partial charge is 0.445 e. The summed E-state index contributed by atoms with van der Waals surface area (Å²) < 4.78 is 31.2. The zero-order chi connectivity index (χ0) is 29.3. The minimum atomic E-state index is -3.54. The van der Waals surface area contributed by atoms with E-state index in [-0.39, 0.29) is 54.4 Å². The van der Waals surface area contributed by atoms with Crippen LogP contribution >= 0.6 is 0 Å². The molecule has 0 aromatic heterocycles. The summed E-state index contributed by atoms with van der Waals surface area (Å²) >= 11 is 0. The summed E-state index contributed by atoms with van der Waals surface area (Å²) in [7, 11) is -3.54. The fraction of sp³-hybridized carbons (Fsp3) is 0.500. The lowest BCUT2D eigenvalue weighted by Crippen LogP contribution is -2.58. The first kappa shape index (κ1) is 31.3. The molecule has 218 valence electrons. The van der Waals surface area contributed by atoms with Gasteiger partial charge in [0.1, 0.15) is 18.8 Å². The van der Waals surface area contributed by atoms with Gasteiger partial charge in [-0.25, -0.2) is 13.2 Å². The Morgan fingerprint density at radius 3 is 2.27 bits per heavy atom. The van der Waals surface area contributed by atoms with Crippen LogP contribution in [0.15, 0.2) is 59.5 Å². The Morgan fingerprint density at radius 2 is 1.60 bits per heavy atom. The van der Waals surface area contributed by atoms with Crippen molar-refractivity contribution >= 4 is 27.6 Å². The van der Waals surface area contributed by atoms with Gasteiger partial charge in [-0.1, -0.05) is 76.2 Å². The first-order chi connectivity index (χ1) is 19.0. The number of fused-ring (bicyclic) bond motifs is 1. The number of ketones is 1. The molecule has 1 heterocycles. The van der Waals surface area contributed by atoms with Crippen LogP contribution in [-0.4, -0.2) is 55.6 Å². The van der Waals surface area contributed by atoms with E-state index >= 15 is 0 Å². The van der Waals surface area contributed by atoms with E-state index in [0.717, 1.165) is 5.56 Å². The van der Waals surface area contributed by atoms with Crippen LogP contribution in [0.5, 0.6) is 0 Å². The highest BCUT2D eigenvalue weighted by Gasteiger charge is 2.35. The van der Waals surface area contributed by atoms with E-state index in [9.17, 15) is 22.8 Å². The Morgan fingerprint density at radius 1 is 0.925 bits per heavy atom. The number of hydrogen-bond acceptors (Lipinski definition) is 7. The minimum absolute atomic E-state index is 0.0562. The van der Waals surface area contributed by atoms with E-state index in [0.29, 0.717) is 18.4 Å². The van der Waals surface area contributed by atoms with E-state index in [1.165, 1.54) is 0 Å². The average molecular weight is 572 g/mol. The first-order valence-corrected chi connectivity index (χ1v) is 15.5. The van der Waals surface area contributed by atoms with Crippen LogP contribution in [0.25, 0.3) is 0 Å². The number of amides is 2. The highest BCUT2D eigenvalue weighted by atomic mass is 32.2. The summed E-state index contributed by atoms with van der Waals surface area (Å²) in [6.45, 7) is 8.21. The molecule has 2 aromatic rings. The van der Waals surface area contributed by atoms with Gasteiger partial charge in [-0.15, -0.1) is 0 Å². The molecule has 3 rings (SSSR count). The molecular formula is C30H41N3O6S. The second kappa shape index (κ2) is 14.4. The summed E-state index contributed by atoms with van der Waals surface area (Å²) in [4.78, 5) is 41.6. The molecule has 9 nitrogen and oxygen atoms in total. The molecular weight excluding hydrogens is 530 g/mol. The highest BCUT2D eigenvalue weighted by Crippen LogP contribution is 2.24. The van der Waals surface area contributed by atoms with E-state index in [4.69, 9.17) is 4.74 Å². The maximum absolute atomic E-state index is 13.6.